The number of aromatic nitrogens is 3. The summed E-state index contributed by atoms with van der Waals surface area (Å²) in [5, 5.41) is 16.0. The van der Waals surface area contributed by atoms with E-state index in [0.717, 1.165) is 60.0 Å². The molecule has 0 unspecified atom stereocenters. The fraction of sp³-hybridized carbons (Fsp3) is 0.455. The maximum absolute atomic E-state index is 12.2. The molecule has 0 fully saturated rings. The summed E-state index contributed by atoms with van der Waals surface area (Å²) in [6, 6.07) is 16.4. The summed E-state index contributed by atoms with van der Waals surface area (Å²) < 4.78 is 1.20. The van der Waals surface area contributed by atoms with Crippen LogP contribution in [0.15, 0.2) is 72.3 Å². The zero-order valence-corrected chi connectivity index (χ0v) is 35.6. The van der Waals surface area contributed by atoms with Crippen molar-refractivity contribution in [2.75, 3.05) is 0 Å². The Hall–Kier alpha value is -3.25. The summed E-state index contributed by atoms with van der Waals surface area (Å²) in [5.74, 6) is 0.876. The number of hydrogen-bond donors (Lipinski definition) is 1. The first kappa shape index (κ1) is 42.2. The number of nitrogens with zero attached hydrogens (tertiary/aromatic N) is 3. The van der Waals surface area contributed by atoms with Gasteiger partial charge in [-0.1, -0.05) is 105 Å². The van der Waals surface area contributed by atoms with Gasteiger partial charge in [0, 0.05) is 66.0 Å². The van der Waals surface area contributed by atoms with Crippen LogP contribution in [0.2, 0.25) is 0 Å². The molecule has 0 bridgehead atoms. The van der Waals surface area contributed by atoms with Crippen LogP contribution in [0.5, 0.6) is 0 Å². The Labute approximate surface area is 323 Å². The van der Waals surface area contributed by atoms with E-state index >= 15 is 0 Å². The number of allylic oxidation sites excluding steroid dienone is 2. The van der Waals surface area contributed by atoms with Gasteiger partial charge in [0.25, 0.3) is 0 Å². The molecule has 7 heteroatoms. The van der Waals surface area contributed by atoms with Gasteiger partial charge in [-0.3, -0.25) is 14.8 Å². The number of pyridine rings is 1. The Morgan fingerprint density at radius 3 is 2.14 bits per heavy atom. The number of ketones is 1. The van der Waals surface area contributed by atoms with Crippen molar-refractivity contribution < 1.29 is 30.0 Å². The van der Waals surface area contributed by atoms with Gasteiger partial charge in [0.2, 0.25) is 0 Å². The standard InChI is InChI=1S/C29H28N3S.C15H28O2.Ir/c1-18(2)10-21-16-33-27-15-30-14-23(28(21)27)26-13-25(31-17-32-26)20-11-19-8-6-7-9-22(19)24(12-20)29(3,4)5;1-7-14(5,8-2)12(16)11-13(17)15(6,9-3)10-4;/h6-9,12-18H,10H2,1-5H3;11,16H,7-10H2,1-6H3;/q-1;;/b;12-11-;. The van der Waals surface area contributed by atoms with E-state index in [9.17, 15) is 9.90 Å². The van der Waals surface area contributed by atoms with Crippen molar-refractivity contribution in [2.24, 2.45) is 16.7 Å². The van der Waals surface area contributed by atoms with Crippen LogP contribution in [0.4, 0.5) is 0 Å². The Balaban J connectivity index is 0.000000335. The predicted octanol–water partition coefficient (Wildman–Crippen LogP) is 12.5. The summed E-state index contributed by atoms with van der Waals surface area (Å²) in [6.07, 6.45) is 11.4. The number of carbonyl (C=O) groups is 1. The Kier molecular flexibility index (Phi) is 14.5. The molecule has 275 valence electrons. The molecule has 0 saturated carbocycles. The van der Waals surface area contributed by atoms with Crippen LogP contribution in [0.25, 0.3) is 43.4 Å². The van der Waals surface area contributed by atoms with Crippen LogP contribution < -0.4 is 0 Å². The maximum atomic E-state index is 12.2. The summed E-state index contributed by atoms with van der Waals surface area (Å²) in [5.41, 5.74) is 5.93. The van der Waals surface area contributed by atoms with Gasteiger partial charge in [0.1, 0.15) is 12.1 Å². The van der Waals surface area contributed by atoms with E-state index in [1.807, 2.05) is 53.9 Å². The molecule has 0 aliphatic heterocycles. The topological polar surface area (TPSA) is 76.0 Å². The maximum Gasteiger partial charge on any atom is 0.164 e. The largest absolute Gasteiger partial charge is 0.512 e. The summed E-state index contributed by atoms with van der Waals surface area (Å²) in [7, 11) is 0. The number of benzene rings is 2. The minimum Gasteiger partial charge on any atom is -0.512 e. The second-order valence-corrected chi connectivity index (χ2v) is 16.4. The Morgan fingerprint density at radius 2 is 1.53 bits per heavy atom. The molecule has 0 spiro atoms. The van der Waals surface area contributed by atoms with Crippen LogP contribution >= 0.6 is 11.3 Å². The third-order valence-electron chi connectivity index (χ3n) is 10.6. The normalized spacial score (nSPS) is 12.5. The molecule has 1 N–H and O–H groups in total. The Morgan fingerprint density at radius 1 is 0.902 bits per heavy atom. The van der Waals surface area contributed by atoms with Gasteiger partial charge in [0.05, 0.1) is 10.4 Å². The van der Waals surface area contributed by atoms with Crippen molar-refractivity contribution in [1.82, 2.24) is 15.0 Å². The van der Waals surface area contributed by atoms with Crippen molar-refractivity contribution >= 4 is 38.0 Å². The van der Waals surface area contributed by atoms with E-state index in [2.05, 4.69) is 97.4 Å². The van der Waals surface area contributed by atoms with Crippen LogP contribution in [0.3, 0.4) is 0 Å². The first-order valence-electron chi connectivity index (χ1n) is 18.2. The zero-order valence-electron chi connectivity index (χ0n) is 32.4. The number of aliphatic hydroxyl groups is 1. The van der Waals surface area contributed by atoms with Crippen molar-refractivity contribution in [3.8, 4) is 22.5 Å². The number of rotatable bonds is 11. The van der Waals surface area contributed by atoms with Gasteiger partial charge in [-0.15, -0.1) is 40.5 Å². The van der Waals surface area contributed by atoms with Crippen molar-refractivity contribution in [3.63, 3.8) is 0 Å². The molecule has 2 aromatic carbocycles. The molecule has 0 aliphatic carbocycles. The first-order valence-corrected chi connectivity index (χ1v) is 19.1. The molecular formula is C44H56IrN3O2S-. The molecule has 5 rings (SSSR count). The minimum atomic E-state index is -0.337. The molecule has 3 heterocycles. The third kappa shape index (κ3) is 9.60. The van der Waals surface area contributed by atoms with E-state index in [4.69, 9.17) is 0 Å². The number of carbonyl (C=O) groups excluding carboxylic acids is 1. The van der Waals surface area contributed by atoms with E-state index in [-0.39, 0.29) is 47.9 Å². The fourth-order valence-corrected chi connectivity index (χ4v) is 7.13. The molecule has 0 aliphatic rings. The number of fused-ring (bicyclic) bond motifs is 2. The Bertz CT molecular complexity index is 1960. The third-order valence-corrected chi connectivity index (χ3v) is 11.6. The molecule has 51 heavy (non-hydrogen) atoms. The zero-order chi connectivity index (χ0) is 36.9. The first-order chi connectivity index (χ1) is 23.6. The van der Waals surface area contributed by atoms with Crippen LogP contribution in [0, 0.1) is 22.8 Å². The van der Waals surface area contributed by atoms with Crippen molar-refractivity contribution in [3.05, 3.63) is 89.5 Å². The quantitative estimate of drug-likeness (QED) is 0.0812. The van der Waals surface area contributed by atoms with Crippen molar-refractivity contribution in [2.45, 2.75) is 114 Å². The smallest absolute Gasteiger partial charge is 0.164 e. The van der Waals surface area contributed by atoms with Gasteiger partial charge in [-0.2, -0.15) is 0 Å². The van der Waals surface area contributed by atoms with E-state index in [1.54, 1.807) is 17.7 Å². The van der Waals surface area contributed by atoms with E-state index in [0.29, 0.717) is 5.92 Å². The summed E-state index contributed by atoms with van der Waals surface area (Å²) in [6.45, 7) is 23.4. The second kappa shape index (κ2) is 17.5. The molecule has 5 aromatic rings. The van der Waals surface area contributed by atoms with Crippen LogP contribution in [-0.4, -0.2) is 25.8 Å². The van der Waals surface area contributed by atoms with E-state index < -0.39 is 0 Å². The number of hydrogen-bond acceptors (Lipinski definition) is 6. The van der Waals surface area contributed by atoms with Gasteiger partial charge in [-0.25, -0.2) is 4.98 Å². The van der Waals surface area contributed by atoms with E-state index in [1.165, 1.54) is 32.7 Å². The minimum absolute atomic E-state index is 0. The molecule has 0 saturated heterocycles. The van der Waals surface area contributed by atoms with Gasteiger partial charge in [-0.05, 0) is 60.4 Å². The number of aliphatic hydroxyl groups excluding tert-OH is 1. The van der Waals surface area contributed by atoms with Gasteiger partial charge >= 0.3 is 0 Å². The predicted molar refractivity (Wildman–Crippen MR) is 213 cm³/mol. The second-order valence-electron chi connectivity index (χ2n) is 15.5. The molecule has 1 radical (unpaired) electrons. The SMILES string of the molecule is CC(C)Cc1csc2cncc(-c3cc(-c4[c-]c5ccccc5c(C(C)(C)C)c4)ncn3)c12.CCC(C)(CC)C(=O)/C=C(\O)C(C)(CC)CC.[Ir]. The van der Waals surface area contributed by atoms with Gasteiger partial charge in [0.15, 0.2) is 5.78 Å². The molecular weight excluding hydrogens is 827 g/mol. The molecule has 0 amide bonds. The van der Waals surface area contributed by atoms with Crippen LogP contribution in [0.1, 0.15) is 113 Å². The molecule has 3 aromatic heterocycles. The molecule has 0 atom stereocenters. The summed E-state index contributed by atoms with van der Waals surface area (Å²) >= 11 is 1.76. The molecule has 5 nitrogen and oxygen atoms in total. The summed E-state index contributed by atoms with van der Waals surface area (Å²) in [4.78, 5) is 26.0. The van der Waals surface area contributed by atoms with Crippen molar-refractivity contribution in [1.29, 1.82) is 0 Å². The van der Waals surface area contributed by atoms with Gasteiger partial charge < -0.3 is 5.11 Å². The average Bonchev–Trinajstić information content (AvgIpc) is 3.52. The van der Waals surface area contributed by atoms with Crippen LogP contribution in [-0.2, 0) is 36.7 Å². The average molecular weight is 883 g/mol. The fourth-order valence-electron chi connectivity index (χ4n) is 6.16. The monoisotopic (exact) mass is 883 g/mol. The number of thiophene rings is 1.